The van der Waals surface area contributed by atoms with Gasteiger partial charge in [-0.05, 0) is 12.1 Å². The van der Waals surface area contributed by atoms with Gasteiger partial charge >= 0.3 is 0 Å². The van der Waals surface area contributed by atoms with Gasteiger partial charge in [-0.25, -0.2) is 4.98 Å². The molecule has 0 unspecified atom stereocenters. The fourth-order valence-corrected chi connectivity index (χ4v) is 1.34. The van der Waals surface area contributed by atoms with Crippen LogP contribution in [0.4, 0.5) is 5.95 Å². The van der Waals surface area contributed by atoms with E-state index in [2.05, 4.69) is 9.97 Å². The predicted molar refractivity (Wildman–Crippen MR) is 59.4 cm³/mol. The molecule has 78 valence electrons. The molecular formula is C11H8N4O. The summed E-state index contributed by atoms with van der Waals surface area (Å²) in [4.78, 5) is 17.5. The van der Waals surface area contributed by atoms with E-state index in [4.69, 9.17) is 11.0 Å². The number of anilines is 1. The van der Waals surface area contributed by atoms with Crippen LogP contribution in [0.5, 0.6) is 0 Å². The van der Waals surface area contributed by atoms with Crippen molar-refractivity contribution in [3.63, 3.8) is 0 Å². The lowest BCUT2D eigenvalue weighted by atomic mass is 10.1. The van der Waals surface area contributed by atoms with Gasteiger partial charge in [0.15, 0.2) is 0 Å². The number of H-pyrrole nitrogens is 1. The predicted octanol–water partition coefficient (Wildman–Crippen LogP) is 0.891. The zero-order valence-corrected chi connectivity index (χ0v) is 8.27. The Morgan fingerprint density at radius 3 is 2.56 bits per heavy atom. The van der Waals surface area contributed by atoms with Gasteiger partial charge in [0.05, 0.1) is 17.3 Å². The minimum atomic E-state index is -0.299. The van der Waals surface area contributed by atoms with E-state index in [0.29, 0.717) is 11.3 Å². The molecule has 0 aliphatic rings. The van der Waals surface area contributed by atoms with Crippen LogP contribution in [0.2, 0.25) is 0 Å². The van der Waals surface area contributed by atoms with E-state index in [0.717, 1.165) is 5.56 Å². The van der Waals surface area contributed by atoms with Gasteiger partial charge in [-0.2, -0.15) is 5.26 Å². The standard InChI is InChI=1S/C11H8N4O/c12-6-7-1-3-8(4-2-7)9-5-10(16)15-11(13)14-9/h1-5H,(H3,13,14,15,16). The van der Waals surface area contributed by atoms with E-state index in [-0.39, 0.29) is 11.5 Å². The summed E-state index contributed by atoms with van der Waals surface area (Å²) < 4.78 is 0. The first-order chi connectivity index (χ1) is 7.69. The zero-order chi connectivity index (χ0) is 11.5. The summed E-state index contributed by atoms with van der Waals surface area (Å²) in [6, 6.07) is 10.1. The van der Waals surface area contributed by atoms with Crippen molar-refractivity contribution in [3.8, 4) is 17.3 Å². The van der Waals surface area contributed by atoms with Crippen LogP contribution in [0.3, 0.4) is 0 Å². The Kier molecular flexibility index (Phi) is 2.40. The van der Waals surface area contributed by atoms with Gasteiger partial charge in [0, 0.05) is 11.6 Å². The maximum absolute atomic E-state index is 11.2. The molecule has 0 saturated heterocycles. The summed E-state index contributed by atoms with van der Waals surface area (Å²) >= 11 is 0. The van der Waals surface area contributed by atoms with Crippen molar-refractivity contribution in [2.45, 2.75) is 0 Å². The van der Waals surface area contributed by atoms with Crippen molar-refractivity contribution in [1.82, 2.24) is 9.97 Å². The number of rotatable bonds is 1. The Morgan fingerprint density at radius 2 is 2.00 bits per heavy atom. The maximum atomic E-state index is 11.2. The minimum absolute atomic E-state index is 0.0758. The summed E-state index contributed by atoms with van der Waals surface area (Å²) in [5.74, 6) is 0.0758. The second-order valence-corrected chi connectivity index (χ2v) is 3.21. The van der Waals surface area contributed by atoms with Gasteiger partial charge in [0.2, 0.25) is 5.95 Å². The van der Waals surface area contributed by atoms with Gasteiger partial charge in [-0.15, -0.1) is 0 Å². The van der Waals surface area contributed by atoms with Crippen LogP contribution in [0.15, 0.2) is 35.1 Å². The Morgan fingerprint density at radius 1 is 1.31 bits per heavy atom. The molecule has 0 aliphatic carbocycles. The number of nitrogens with one attached hydrogen (secondary N) is 1. The minimum Gasteiger partial charge on any atom is -0.369 e. The lowest BCUT2D eigenvalue weighted by Crippen LogP contribution is -2.10. The molecule has 2 rings (SSSR count). The normalized spacial score (nSPS) is 9.69. The second kappa shape index (κ2) is 3.87. The molecule has 1 aromatic heterocycles. The van der Waals surface area contributed by atoms with Crippen LogP contribution in [0.1, 0.15) is 5.56 Å². The summed E-state index contributed by atoms with van der Waals surface area (Å²) in [7, 11) is 0. The molecule has 0 bridgehead atoms. The van der Waals surface area contributed by atoms with E-state index in [9.17, 15) is 4.79 Å². The third-order valence-electron chi connectivity index (χ3n) is 2.07. The molecular weight excluding hydrogens is 204 g/mol. The van der Waals surface area contributed by atoms with Gasteiger partial charge in [-0.3, -0.25) is 9.78 Å². The second-order valence-electron chi connectivity index (χ2n) is 3.21. The van der Waals surface area contributed by atoms with Crippen LogP contribution in [0.25, 0.3) is 11.3 Å². The van der Waals surface area contributed by atoms with E-state index >= 15 is 0 Å². The molecule has 0 spiro atoms. The topological polar surface area (TPSA) is 95.6 Å². The average Bonchev–Trinajstić information content (AvgIpc) is 2.28. The lowest BCUT2D eigenvalue weighted by Gasteiger charge is -2.00. The van der Waals surface area contributed by atoms with Crippen molar-refractivity contribution in [1.29, 1.82) is 5.26 Å². The Labute approximate surface area is 91.2 Å². The first-order valence-electron chi connectivity index (χ1n) is 4.56. The molecule has 2 aromatic rings. The van der Waals surface area contributed by atoms with Crippen LogP contribution in [0, 0.1) is 11.3 Å². The largest absolute Gasteiger partial charge is 0.369 e. The van der Waals surface area contributed by atoms with Crippen molar-refractivity contribution in [3.05, 3.63) is 46.2 Å². The van der Waals surface area contributed by atoms with Crippen molar-refractivity contribution in [2.24, 2.45) is 0 Å². The van der Waals surface area contributed by atoms with E-state index in [1.807, 2.05) is 6.07 Å². The number of aromatic amines is 1. The van der Waals surface area contributed by atoms with Gasteiger partial charge in [0.25, 0.3) is 5.56 Å². The molecule has 16 heavy (non-hydrogen) atoms. The molecule has 0 fully saturated rings. The number of hydrogen-bond donors (Lipinski definition) is 2. The van der Waals surface area contributed by atoms with E-state index < -0.39 is 0 Å². The zero-order valence-electron chi connectivity index (χ0n) is 8.27. The SMILES string of the molecule is N#Cc1ccc(-c2cc(=O)[nH]c(N)n2)cc1. The number of nitrogen functional groups attached to an aromatic ring is 1. The highest BCUT2D eigenvalue weighted by molar-refractivity contribution is 5.60. The average molecular weight is 212 g/mol. The van der Waals surface area contributed by atoms with Crippen molar-refractivity contribution < 1.29 is 0 Å². The van der Waals surface area contributed by atoms with Gasteiger partial charge in [-0.1, -0.05) is 12.1 Å². The Bertz CT molecular complexity index is 607. The number of nitriles is 1. The van der Waals surface area contributed by atoms with Gasteiger partial charge in [0.1, 0.15) is 0 Å². The Hall–Kier alpha value is -2.61. The van der Waals surface area contributed by atoms with Crippen LogP contribution >= 0.6 is 0 Å². The lowest BCUT2D eigenvalue weighted by molar-refractivity contribution is 1.14. The molecule has 0 aliphatic heterocycles. The molecule has 1 aromatic carbocycles. The molecule has 0 radical (unpaired) electrons. The molecule has 5 nitrogen and oxygen atoms in total. The maximum Gasteiger partial charge on any atom is 0.252 e. The number of aromatic nitrogens is 2. The third-order valence-corrected chi connectivity index (χ3v) is 2.07. The molecule has 5 heteroatoms. The summed E-state index contributed by atoms with van der Waals surface area (Å²) in [5.41, 5.74) is 6.93. The highest BCUT2D eigenvalue weighted by Crippen LogP contribution is 2.16. The molecule has 0 amide bonds. The van der Waals surface area contributed by atoms with E-state index in [1.54, 1.807) is 24.3 Å². The van der Waals surface area contributed by atoms with Crippen molar-refractivity contribution in [2.75, 3.05) is 5.73 Å². The molecule has 0 atom stereocenters. The summed E-state index contributed by atoms with van der Waals surface area (Å²) in [5, 5.41) is 8.65. The fraction of sp³-hybridized carbons (Fsp3) is 0. The van der Waals surface area contributed by atoms with E-state index in [1.165, 1.54) is 6.07 Å². The van der Waals surface area contributed by atoms with Crippen molar-refractivity contribution >= 4 is 5.95 Å². The molecule has 3 N–H and O–H groups in total. The van der Waals surface area contributed by atoms with Crippen LogP contribution in [-0.2, 0) is 0 Å². The fourth-order valence-electron chi connectivity index (χ4n) is 1.34. The number of hydrogen-bond acceptors (Lipinski definition) is 4. The number of nitrogens with zero attached hydrogens (tertiary/aromatic N) is 2. The van der Waals surface area contributed by atoms with Crippen LogP contribution in [-0.4, -0.2) is 9.97 Å². The summed E-state index contributed by atoms with van der Waals surface area (Å²) in [6.45, 7) is 0. The Balaban J connectivity index is 2.51. The monoisotopic (exact) mass is 212 g/mol. The van der Waals surface area contributed by atoms with Crippen LogP contribution < -0.4 is 11.3 Å². The quantitative estimate of drug-likeness (QED) is 0.733. The highest BCUT2D eigenvalue weighted by atomic mass is 16.1. The highest BCUT2D eigenvalue weighted by Gasteiger charge is 2.02. The first-order valence-corrected chi connectivity index (χ1v) is 4.56. The summed E-state index contributed by atoms with van der Waals surface area (Å²) in [6.07, 6.45) is 0. The molecule has 0 saturated carbocycles. The smallest absolute Gasteiger partial charge is 0.252 e. The number of nitrogens with two attached hydrogens (primary N) is 1. The van der Waals surface area contributed by atoms with Gasteiger partial charge < -0.3 is 5.73 Å². The number of benzene rings is 1. The third kappa shape index (κ3) is 1.91. The molecule has 1 heterocycles. The first kappa shape index (κ1) is 9.93.